The quantitative estimate of drug-likeness (QED) is 0.754. The summed E-state index contributed by atoms with van der Waals surface area (Å²) in [6.07, 6.45) is 6.90. The predicted octanol–water partition coefficient (Wildman–Crippen LogP) is 2.58. The molecule has 88 valence electrons. The van der Waals surface area contributed by atoms with Crippen LogP contribution in [0.25, 0.3) is 0 Å². The van der Waals surface area contributed by atoms with E-state index in [-0.39, 0.29) is 0 Å². The molecule has 0 bridgehead atoms. The molecule has 2 atom stereocenters. The highest BCUT2D eigenvalue weighted by Crippen LogP contribution is 2.39. The van der Waals surface area contributed by atoms with Crippen LogP contribution in [0.5, 0.6) is 0 Å². The minimum atomic E-state index is 0.487. The van der Waals surface area contributed by atoms with E-state index in [9.17, 15) is 0 Å². The second kappa shape index (κ2) is 4.42. The molecule has 1 N–H and O–H groups in total. The molecule has 0 heterocycles. The third kappa shape index (κ3) is 2.73. The van der Waals surface area contributed by atoms with Crippen molar-refractivity contribution >= 4 is 0 Å². The van der Waals surface area contributed by atoms with Gasteiger partial charge >= 0.3 is 0 Å². The molecule has 2 heteroatoms. The fraction of sp³-hybridized carbons (Fsp3) is 1.00. The molecule has 0 aromatic carbocycles. The van der Waals surface area contributed by atoms with Crippen LogP contribution in [0.2, 0.25) is 0 Å². The fourth-order valence-corrected chi connectivity index (χ4v) is 2.89. The molecule has 0 radical (unpaired) electrons. The molecular formula is C13H25NO. The van der Waals surface area contributed by atoms with Crippen LogP contribution in [0.4, 0.5) is 0 Å². The van der Waals surface area contributed by atoms with Gasteiger partial charge in [-0.05, 0) is 37.0 Å². The first-order chi connectivity index (χ1) is 7.13. The van der Waals surface area contributed by atoms with Crippen molar-refractivity contribution < 1.29 is 4.74 Å². The van der Waals surface area contributed by atoms with E-state index in [4.69, 9.17) is 4.74 Å². The summed E-state index contributed by atoms with van der Waals surface area (Å²) in [5.74, 6) is 0.890. The molecule has 0 saturated heterocycles. The van der Waals surface area contributed by atoms with Crippen LogP contribution in [0.15, 0.2) is 0 Å². The summed E-state index contributed by atoms with van der Waals surface area (Å²) in [5.41, 5.74) is 0.487. The highest BCUT2D eigenvalue weighted by molar-refractivity contribution is 4.95. The Bertz CT molecular complexity index is 211. The molecule has 0 spiro atoms. The van der Waals surface area contributed by atoms with Crippen LogP contribution in [-0.2, 0) is 4.74 Å². The van der Waals surface area contributed by atoms with Crippen molar-refractivity contribution in [3.63, 3.8) is 0 Å². The van der Waals surface area contributed by atoms with Gasteiger partial charge in [0.15, 0.2) is 0 Å². The van der Waals surface area contributed by atoms with Gasteiger partial charge < -0.3 is 10.1 Å². The molecule has 2 aliphatic rings. The Morgan fingerprint density at radius 3 is 2.53 bits per heavy atom. The van der Waals surface area contributed by atoms with Crippen molar-refractivity contribution in [1.82, 2.24) is 5.32 Å². The fourth-order valence-electron chi connectivity index (χ4n) is 2.89. The van der Waals surface area contributed by atoms with Gasteiger partial charge in [0.05, 0.1) is 6.61 Å². The van der Waals surface area contributed by atoms with Gasteiger partial charge in [-0.3, -0.25) is 0 Å². The molecule has 0 aromatic rings. The lowest BCUT2D eigenvalue weighted by molar-refractivity contribution is 0.137. The zero-order valence-electron chi connectivity index (χ0n) is 10.4. The van der Waals surface area contributed by atoms with Crippen LogP contribution < -0.4 is 5.32 Å². The zero-order valence-corrected chi connectivity index (χ0v) is 10.4. The smallest absolute Gasteiger partial charge is 0.0618 e. The number of methoxy groups -OCH3 is 1. The third-order valence-electron chi connectivity index (χ3n) is 4.21. The maximum absolute atomic E-state index is 5.32. The Labute approximate surface area is 93.8 Å². The normalized spacial score (nSPS) is 31.8. The SMILES string of the molecule is COCC(NC1CCCC1(C)C)C1CC1. The van der Waals surface area contributed by atoms with Gasteiger partial charge in [-0.1, -0.05) is 20.3 Å². The molecule has 2 aliphatic carbocycles. The number of hydrogen-bond acceptors (Lipinski definition) is 2. The lowest BCUT2D eigenvalue weighted by Gasteiger charge is -2.32. The Balaban J connectivity index is 1.87. The van der Waals surface area contributed by atoms with Crippen molar-refractivity contribution in [3.8, 4) is 0 Å². The maximum Gasteiger partial charge on any atom is 0.0618 e. The first kappa shape index (κ1) is 11.4. The number of ether oxygens (including phenoxy) is 1. The van der Waals surface area contributed by atoms with Gasteiger partial charge in [-0.15, -0.1) is 0 Å². The Hall–Kier alpha value is -0.0800. The highest BCUT2D eigenvalue weighted by atomic mass is 16.5. The minimum Gasteiger partial charge on any atom is -0.383 e. The number of rotatable bonds is 5. The molecule has 2 saturated carbocycles. The summed E-state index contributed by atoms with van der Waals surface area (Å²) in [7, 11) is 1.82. The highest BCUT2D eigenvalue weighted by Gasteiger charge is 2.39. The molecule has 2 unspecified atom stereocenters. The second-order valence-corrected chi connectivity index (χ2v) is 6.00. The lowest BCUT2D eigenvalue weighted by Crippen LogP contribution is -2.46. The molecule has 0 aromatic heterocycles. The number of nitrogens with one attached hydrogen (secondary N) is 1. The van der Waals surface area contributed by atoms with Gasteiger partial charge in [0.1, 0.15) is 0 Å². The largest absolute Gasteiger partial charge is 0.383 e. The van der Waals surface area contributed by atoms with Crippen LogP contribution in [-0.4, -0.2) is 25.8 Å². The van der Waals surface area contributed by atoms with E-state index in [0.29, 0.717) is 17.5 Å². The van der Waals surface area contributed by atoms with Gasteiger partial charge in [0.2, 0.25) is 0 Å². The topological polar surface area (TPSA) is 21.3 Å². The van der Waals surface area contributed by atoms with E-state index in [0.717, 1.165) is 12.5 Å². The second-order valence-electron chi connectivity index (χ2n) is 6.00. The van der Waals surface area contributed by atoms with Crippen molar-refractivity contribution in [2.75, 3.05) is 13.7 Å². The number of hydrogen-bond donors (Lipinski definition) is 1. The van der Waals surface area contributed by atoms with Crippen LogP contribution >= 0.6 is 0 Å². The van der Waals surface area contributed by atoms with Gasteiger partial charge in [0.25, 0.3) is 0 Å². The summed E-state index contributed by atoms with van der Waals surface area (Å²) in [6.45, 7) is 5.68. The van der Waals surface area contributed by atoms with E-state index in [2.05, 4.69) is 19.2 Å². The molecule has 0 amide bonds. The van der Waals surface area contributed by atoms with E-state index >= 15 is 0 Å². The Morgan fingerprint density at radius 1 is 1.33 bits per heavy atom. The van der Waals surface area contributed by atoms with Crippen LogP contribution in [0.1, 0.15) is 46.0 Å². The van der Waals surface area contributed by atoms with E-state index in [1.165, 1.54) is 32.1 Å². The summed E-state index contributed by atoms with van der Waals surface area (Å²) >= 11 is 0. The third-order valence-corrected chi connectivity index (χ3v) is 4.21. The van der Waals surface area contributed by atoms with Gasteiger partial charge in [-0.2, -0.15) is 0 Å². The first-order valence-electron chi connectivity index (χ1n) is 6.38. The Morgan fingerprint density at radius 2 is 2.07 bits per heavy atom. The molecular weight excluding hydrogens is 186 g/mol. The van der Waals surface area contributed by atoms with Gasteiger partial charge in [-0.25, -0.2) is 0 Å². The summed E-state index contributed by atoms with van der Waals surface area (Å²) in [4.78, 5) is 0. The molecule has 2 rings (SSSR count). The van der Waals surface area contributed by atoms with Crippen molar-refractivity contribution in [3.05, 3.63) is 0 Å². The summed E-state index contributed by atoms with van der Waals surface area (Å²) < 4.78 is 5.32. The average Bonchev–Trinajstić information content (AvgIpc) is 2.93. The summed E-state index contributed by atoms with van der Waals surface area (Å²) in [5, 5.41) is 3.84. The van der Waals surface area contributed by atoms with Crippen LogP contribution in [0.3, 0.4) is 0 Å². The predicted molar refractivity (Wildman–Crippen MR) is 62.9 cm³/mol. The summed E-state index contributed by atoms with van der Waals surface area (Å²) in [6, 6.07) is 1.32. The van der Waals surface area contributed by atoms with E-state index in [1.54, 1.807) is 0 Å². The van der Waals surface area contributed by atoms with Crippen molar-refractivity contribution in [2.45, 2.75) is 58.0 Å². The molecule has 0 aliphatic heterocycles. The van der Waals surface area contributed by atoms with Crippen LogP contribution in [0, 0.1) is 11.3 Å². The molecule has 2 nitrogen and oxygen atoms in total. The minimum absolute atomic E-state index is 0.487. The van der Waals surface area contributed by atoms with Crippen molar-refractivity contribution in [2.24, 2.45) is 11.3 Å². The van der Waals surface area contributed by atoms with E-state index in [1.807, 2.05) is 7.11 Å². The molecule has 2 fully saturated rings. The monoisotopic (exact) mass is 211 g/mol. The maximum atomic E-state index is 5.32. The van der Waals surface area contributed by atoms with Crippen molar-refractivity contribution in [1.29, 1.82) is 0 Å². The average molecular weight is 211 g/mol. The standard InChI is InChI=1S/C13H25NO/c1-13(2)8-4-5-12(13)14-11(9-15-3)10-6-7-10/h10-12,14H,4-9H2,1-3H3. The Kier molecular flexibility index (Phi) is 3.36. The molecule has 15 heavy (non-hydrogen) atoms. The zero-order chi connectivity index (χ0) is 10.9. The van der Waals surface area contributed by atoms with E-state index < -0.39 is 0 Å². The lowest BCUT2D eigenvalue weighted by atomic mass is 9.87. The first-order valence-corrected chi connectivity index (χ1v) is 6.38. The van der Waals surface area contributed by atoms with Gasteiger partial charge in [0, 0.05) is 19.2 Å².